The summed E-state index contributed by atoms with van der Waals surface area (Å²) in [6.07, 6.45) is 0. The number of carbonyl (C=O) groups is 1. The molecule has 1 rings (SSSR count). The number of benzene rings is 1. The third-order valence-corrected chi connectivity index (χ3v) is 1.33. The lowest BCUT2D eigenvalue weighted by Crippen LogP contribution is -2.06. The summed E-state index contributed by atoms with van der Waals surface area (Å²) in [5.74, 6) is -9.67. The van der Waals surface area contributed by atoms with E-state index < -0.39 is 34.8 Å². The molecule has 7 heteroatoms. The van der Waals surface area contributed by atoms with Crippen LogP contribution in [0.15, 0.2) is 6.07 Å². The predicted octanol–water partition coefficient (Wildman–Crippen LogP) is 2.09. The maximum atomic E-state index is 12.5. The average molecular weight is 214 g/mol. The molecule has 0 aromatic heterocycles. The molecule has 0 bridgehead atoms. The van der Waals surface area contributed by atoms with Gasteiger partial charge in [0.1, 0.15) is 5.56 Å². The molecule has 0 fully saturated rings. The van der Waals surface area contributed by atoms with Crippen molar-refractivity contribution < 1.29 is 32.2 Å². The fraction of sp³-hybridized carbons (Fsp3) is 0. The van der Waals surface area contributed by atoms with Crippen molar-refractivity contribution in [1.82, 2.24) is 0 Å². The monoisotopic (exact) mass is 214 g/mol. The van der Waals surface area contributed by atoms with Crippen molar-refractivity contribution in [2.45, 2.75) is 0 Å². The molecule has 0 radical (unpaired) electrons. The van der Waals surface area contributed by atoms with Crippen LogP contribution in [0.3, 0.4) is 0 Å². The van der Waals surface area contributed by atoms with E-state index >= 15 is 0 Å². The summed E-state index contributed by atoms with van der Waals surface area (Å²) in [5, 5.41) is 8.21. The largest absolute Gasteiger partial charge is 0.478 e. The molecule has 1 aromatic carbocycles. The van der Waals surface area contributed by atoms with Crippen molar-refractivity contribution in [3.8, 4) is 0 Å². The maximum Gasteiger partial charge on any atom is 0.338 e. The number of halogens is 5. The zero-order valence-corrected chi connectivity index (χ0v) is 6.35. The Hall–Kier alpha value is -1.66. The normalized spacial score (nSPS) is 9.43. The van der Waals surface area contributed by atoms with Gasteiger partial charge >= 0.3 is 5.97 Å². The highest BCUT2D eigenvalue weighted by Crippen LogP contribution is 2.18. The number of hydrogen-bond acceptors (Lipinski definition) is 1. The van der Waals surface area contributed by atoms with Crippen molar-refractivity contribution >= 4 is 5.97 Å². The SMILES string of the molecule is F.O=C(O)c1cc(F)c(F)c(F)c1F. The van der Waals surface area contributed by atoms with Gasteiger partial charge in [-0.15, -0.1) is 0 Å². The summed E-state index contributed by atoms with van der Waals surface area (Å²) in [5.41, 5.74) is -1.24. The second-order valence-corrected chi connectivity index (χ2v) is 2.15. The van der Waals surface area contributed by atoms with Gasteiger partial charge in [-0.1, -0.05) is 0 Å². The topological polar surface area (TPSA) is 37.3 Å². The van der Waals surface area contributed by atoms with Gasteiger partial charge in [-0.05, 0) is 6.07 Å². The Morgan fingerprint density at radius 2 is 1.57 bits per heavy atom. The van der Waals surface area contributed by atoms with E-state index in [1.807, 2.05) is 0 Å². The van der Waals surface area contributed by atoms with Gasteiger partial charge in [-0.25, -0.2) is 22.4 Å². The Morgan fingerprint density at radius 3 is 2.00 bits per heavy atom. The lowest BCUT2D eigenvalue weighted by molar-refractivity contribution is 0.0689. The first-order chi connectivity index (χ1) is 5.95. The standard InChI is InChI=1S/C7H2F4O2.FH/c8-3-1-2(7(12)13)4(9)6(11)5(3)10;/h1H,(H,12,13);1H. The highest BCUT2D eigenvalue weighted by Gasteiger charge is 2.22. The van der Waals surface area contributed by atoms with Crippen LogP contribution in [-0.4, -0.2) is 11.1 Å². The lowest BCUT2D eigenvalue weighted by atomic mass is 10.2. The third kappa shape index (κ3) is 1.81. The van der Waals surface area contributed by atoms with Crippen LogP contribution in [0.2, 0.25) is 0 Å². The maximum absolute atomic E-state index is 12.5. The summed E-state index contributed by atoms with van der Waals surface area (Å²) in [7, 11) is 0. The molecule has 2 nitrogen and oxygen atoms in total. The van der Waals surface area contributed by atoms with Gasteiger partial charge in [-0.2, -0.15) is 0 Å². The summed E-state index contributed by atoms with van der Waals surface area (Å²) in [6.45, 7) is 0. The van der Waals surface area contributed by atoms with Crippen molar-refractivity contribution in [3.05, 3.63) is 34.9 Å². The minimum Gasteiger partial charge on any atom is -0.478 e. The van der Waals surface area contributed by atoms with Gasteiger partial charge < -0.3 is 5.11 Å². The number of hydrogen-bond donors (Lipinski definition) is 1. The van der Waals surface area contributed by atoms with Crippen LogP contribution in [-0.2, 0) is 0 Å². The second-order valence-electron chi connectivity index (χ2n) is 2.15. The molecule has 0 unspecified atom stereocenters. The molecule has 78 valence electrons. The molecule has 0 saturated heterocycles. The molecule has 1 aromatic rings. The number of aromatic carboxylic acids is 1. The first kappa shape index (κ1) is 12.3. The average Bonchev–Trinajstić information content (AvgIpc) is 2.07. The van der Waals surface area contributed by atoms with Gasteiger partial charge in [0.2, 0.25) is 0 Å². The molecule has 0 atom stereocenters. The Bertz CT molecular complexity index is 377. The Morgan fingerprint density at radius 1 is 1.07 bits per heavy atom. The fourth-order valence-corrected chi connectivity index (χ4v) is 0.728. The molecule has 0 aliphatic carbocycles. The number of carboxylic acid groups (broad SMARTS) is 1. The van der Waals surface area contributed by atoms with Crippen LogP contribution in [0.4, 0.5) is 22.3 Å². The van der Waals surface area contributed by atoms with E-state index in [-0.39, 0.29) is 10.8 Å². The van der Waals surface area contributed by atoms with Crippen molar-refractivity contribution in [2.24, 2.45) is 0 Å². The molecular formula is C7H3F5O2. The van der Waals surface area contributed by atoms with Crippen LogP contribution >= 0.6 is 0 Å². The molecule has 0 aliphatic rings. The van der Waals surface area contributed by atoms with Crippen molar-refractivity contribution in [1.29, 1.82) is 0 Å². The van der Waals surface area contributed by atoms with E-state index in [0.717, 1.165) is 0 Å². The first-order valence-electron chi connectivity index (χ1n) is 3.01. The zero-order chi connectivity index (χ0) is 10.2. The van der Waals surface area contributed by atoms with Crippen LogP contribution in [0.1, 0.15) is 10.4 Å². The van der Waals surface area contributed by atoms with Gasteiger partial charge in [0, 0.05) is 0 Å². The van der Waals surface area contributed by atoms with Crippen molar-refractivity contribution in [3.63, 3.8) is 0 Å². The highest BCUT2D eigenvalue weighted by atomic mass is 19.2. The molecule has 0 heterocycles. The summed E-state index contributed by atoms with van der Waals surface area (Å²) in [6, 6.07) is 0.0794. The van der Waals surface area contributed by atoms with E-state index in [0.29, 0.717) is 0 Å². The van der Waals surface area contributed by atoms with Crippen molar-refractivity contribution in [2.75, 3.05) is 0 Å². The lowest BCUT2D eigenvalue weighted by Gasteiger charge is -2.00. The minimum absolute atomic E-state index is 0. The van der Waals surface area contributed by atoms with Gasteiger partial charge in [-0.3, -0.25) is 4.70 Å². The van der Waals surface area contributed by atoms with E-state index in [2.05, 4.69) is 0 Å². The van der Waals surface area contributed by atoms with E-state index in [1.54, 1.807) is 0 Å². The predicted molar refractivity (Wildman–Crippen MR) is 35.7 cm³/mol. The smallest absolute Gasteiger partial charge is 0.338 e. The summed E-state index contributed by atoms with van der Waals surface area (Å²) < 4.78 is 49.5. The summed E-state index contributed by atoms with van der Waals surface area (Å²) in [4.78, 5) is 10.1. The number of carboxylic acids is 1. The Balaban J connectivity index is 0.00000169. The summed E-state index contributed by atoms with van der Waals surface area (Å²) >= 11 is 0. The molecule has 1 N–H and O–H groups in total. The highest BCUT2D eigenvalue weighted by molar-refractivity contribution is 5.87. The molecule has 0 amide bonds. The fourth-order valence-electron chi connectivity index (χ4n) is 0.728. The molecule has 0 aliphatic heterocycles. The van der Waals surface area contributed by atoms with Crippen LogP contribution in [0, 0.1) is 23.3 Å². The van der Waals surface area contributed by atoms with E-state index in [9.17, 15) is 22.4 Å². The van der Waals surface area contributed by atoms with Crippen LogP contribution in [0.25, 0.3) is 0 Å². The number of rotatable bonds is 1. The zero-order valence-electron chi connectivity index (χ0n) is 6.35. The van der Waals surface area contributed by atoms with Gasteiger partial charge in [0.15, 0.2) is 23.3 Å². The molecular weight excluding hydrogens is 211 g/mol. The minimum atomic E-state index is -2.13. The first-order valence-corrected chi connectivity index (χ1v) is 3.01. The quantitative estimate of drug-likeness (QED) is 0.441. The Labute approximate surface area is 74.1 Å². The van der Waals surface area contributed by atoms with Crippen LogP contribution < -0.4 is 0 Å². The molecule has 14 heavy (non-hydrogen) atoms. The van der Waals surface area contributed by atoms with Gasteiger partial charge in [0.25, 0.3) is 0 Å². The molecule has 0 saturated carbocycles. The van der Waals surface area contributed by atoms with Gasteiger partial charge in [0.05, 0.1) is 0 Å². The van der Waals surface area contributed by atoms with Crippen LogP contribution in [0.5, 0.6) is 0 Å². The van der Waals surface area contributed by atoms with E-state index in [1.165, 1.54) is 0 Å². The van der Waals surface area contributed by atoms with E-state index in [4.69, 9.17) is 5.11 Å². The Kier molecular flexibility index (Phi) is 3.55. The molecule has 0 spiro atoms. The second kappa shape index (κ2) is 4.03. The third-order valence-electron chi connectivity index (χ3n) is 1.33.